The topological polar surface area (TPSA) is 68.0 Å². The zero-order valence-corrected chi connectivity index (χ0v) is 14.5. The summed E-state index contributed by atoms with van der Waals surface area (Å²) >= 11 is 0. The molecule has 26 heavy (non-hydrogen) atoms. The molecule has 0 saturated heterocycles. The van der Waals surface area contributed by atoms with E-state index in [1.54, 1.807) is 24.3 Å². The van der Waals surface area contributed by atoms with Gasteiger partial charge in [-0.2, -0.15) is 0 Å². The van der Waals surface area contributed by atoms with Gasteiger partial charge in [-0.05, 0) is 54.5 Å². The summed E-state index contributed by atoms with van der Waals surface area (Å²) in [5, 5.41) is 3.61. The number of nitrogens with zero attached hydrogens (tertiary/aromatic N) is 1. The Hall–Kier alpha value is -3.21. The number of benzene rings is 2. The van der Waals surface area contributed by atoms with Gasteiger partial charge in [0.05, 0.1) is 5.52 Å². The van der Waals surface area contributed by atoms with Gasteiger partial charge >= 0.3 is 0 Å². The minimum Gasteiger partial charge on any atom is -0.398 e. The van der Waals surface area contributed by atoms with Crippen molar-refractivity contribution in [2.45, 2.75) is 19.8 Å². The van der Waals surface area contributed by atoms with Crippen LogP contribution in [-0.2, 0) is 11.2 Å². The van der Waals surface area contributed by atoms with E-state index in [2.05, 4.69) is 17.2 Å². The highest BCUT2D eigenvalue weighted by Crippen LogP contribution is 2.24. The van der Waals surface area contributed by atoms with Crippen molar-refractivity contribution in [2.24, 2.45) is 0 Å². The van der Waals surface area contributed by atoms with E-state index in [9.17, 15) is 9.18 Å². The fourth-order valence-electron chi connectivity index (χ4n) is 2.70. The summed E-state index contributed by atoms with van der Waals surface area (Å²) in [6.07, 6.45) is 4.92. The van der Waals surface area contributed by atoms with Crippen molar-refractivity contribution < 1.29 is 9.18 Å². The van der Waals surface area contributed by atoms with Gasteiger partial charge < -0.3 is 11.1 Å². The van der Waals surface area contributed by atoms with Crippen LogP contribution in [0.15, 0.2) is 54.6 Å². The van der Waals surface area contributed by atoms with Gasteiger partial charge in [0.1, 0.15) is 5.82 Å². The second-order valence-electron chi connectivity index (χ2n) is 6.06. The largest absolute Gasteiger partial charge is 0.398 e. The number of hydrogen-bond acceptors (Lipinski definition) is 3. The second kappa shape index (κ2) is 7.78. The third-order valence-electron chi connectivity index (χ3n) is 3.96. The number of carbonyl (C=O) groups is 1. The SMILES string of the molecule is CCCc1cc(N)c2cc(NC(=O)/C=C/c3ccc(F)cc3)ccc2n1. The Morgan fingerprint density at radius 3 is 2.69 bits per heavy atom. The van der Waals surface area contributed by atoms with Crippen LogP contribution in [0.25, 0.3) is 17.0 Å². The molecule has 0 saturated carbocycles. The molecule has 5 heteroatoms. The molecule has 1 aromatic heterocycles. The molecule has 3 N–H and O–H groups in total. The summed E-state index contributed by atoms with van der Waals surface area (Å²) in [4.78, 5) is 16.7. The van der Waals surface area contributed by atoms with Crippen molar-refractivity contribution in [1.82, 2.24) is 4.98 Å². The van der Waals surface area contributed by atoms with E-state index >= 15 is 0 Å². The van der Waals surface area contributed by atoms with E-state index in [0.29, 0.717) is 11.4 Å². The standard InChI is InChI=1S/C21H20FN3O/c1-2-3-16-13-19(23)18-12-17(9-10-20(18)24-16)25-21(26)11-6-14-4-7-15(22)8-5-14/h4-13H,2-3H2,1H3,(H2,23,24)(H,25,26)/b11-6+. The van der Waals surface area contributed by atoms with Gasteiger partial charge in [-0.15, -0.1) is 0 Å². The van der Waals surface area contributed by atoms with Gasteiger partial charge in [-0.1, -0.05) is 25.5 Å². The first kappa shape index (κ1) is 17.6. The maximum Gasteiger partial charge on any atom is 0.248 e. The van der Waals surface area contributed by atoms with Crippen LogP contribution in [0.1, 0.15) is 24.6 Å². The van der Waals surface area contributed by atoms with Crippen molar-refractivity contribution in [3.63, 3.8) is 0 Å². The monoisotopic (exact) mass is 349 g/mol. The molecular formula is C21H20FN3O. The number of nitrogen functional groups attached to an aromatic ring is 1. The molecule has 1 heterocycles. The first-order valence-electron chi connectivity index (χ1n) is 8.49. The fourth-order valence-corrected chi connectivity index (χ4v) is 2.70. The predicted octanol–water partition coefficient (Wildman–Crippen LogP) is 4.56. The zero-order chi connectivity index (χ0) is 18.5. The van der Waals surface area contributed by atoms with Crippen molar-refractivity contribution in [3.8, 4) is 0 Å². The van der Waals surface area contributed by atoms with E-state index in [1.165, 1.54) is 18.2 Å². The summed E-state index contributed by atoms with van der Waals surface area (Å²) in [5.74, 6) is -0.584. The van der Waals surface area contributed by atoms with Crippen LogP contribution in [0.5, 0.6) is 0 Å². The van der Waals surface area contributed by atoms with Crippen LogP contribution < -0.4 is 11.1 Å². The van der Waals surface area contributed by atoms with Gasteiger partial charge in [-0.25, -0.2) is 4.39 Å². The number of amides is 1. The molecular weight excluding hydrogens is 329 g/mol. The maximum atomic E-state index is 12.9. The molecule has 3 rings (SSSR count). The van der Waals surface area contributed by atoms with Gasteiger partial charge in [0, 0.05) is 28.5 Å². The molecule has 3 aromatic rings. The van der Waals surface area contributed by atoms with Gasteiger partial charge in [0.2, 0.25) is 5.91 Å². The lowest BCUT2D eigenvalue weighted by Crippen LogP contribution is -2.08. The van der Waals surface area contributed by atoms with Crippen LogP contribution in [0.2, 0.25) is 0 Å². The smallest absolute Gasteiger partial charge is 0.248 e. The Kier molecular flexibility index (Phi) is 5.27. The number of aryl methyl sites for hydroxylation is 1. The van der Waals surface area contributed by atoms with E-state index in [0.717, 1.165) is 35.0 Å². The molecule has 0 aliphatic carbocycles. The summed E-state index contributed by atoms with van der Waals surface area (Å²) < 4.78 is 12.9. The van der Waals surface area contributed by atoms with E-state index in [4.69, 9.17) is 5.73 Å². The normalized spacial score (nSPS) is 11.2. The van der Waals surface area contributed by atoms with E-state index < -0.39 is 0 Å². The number of fused-ring (bicyclic) bond motifs is 1. The lowest BCUT2D eigenvalue weighted by atomic mass is 10.1. The number of aromatic nitrogens is 1. The third kappa shape index (κ3) is 4.25. The minimum atomic E-state index is -0.309. The summed E-state index contributed by atoms with van der Waals surface area (Å²) in [6, 6.07) is 13.3. The molecule has 0 aliphatic rings. The Balaban J connectivity index is 1.75. The first-order valence-corrected chi connectivity index (χ1v) is 8.49. The number of nitrogens with two attached hydrogens (primary N) is 1. The Labute approximate surface area is 151 Å². The highest BCUT2D eigenvalue weighted by molar-refractivity contribution is 6.03. The van der Waals surface area contributed by atoms with Crippen LogP contribution in [0.3, 0.4) is 0 Å². The highest BCUT2D eigenvalue weighted by Gasteiger charge is 2.06. The summed E-state index contributed by atoms with van der Waals surface area (Å²) in [6.45, 7) is 2.10. The Morgan fingerprint density at radius 2 is 1.96 bits per heavy atom. The second-order valence-corrected chi connectivity index (χ2v) is 6.06. The first-order chi connectivity index (χ1) is 12.5. The molecule has 1 amide bonds. The quantitative estimate of drug-likeness (QED) is 0.664. The summed E-state index contributed by atoms with van der Waals surface area (Å²) in [7, 11) is 0. The molecule has 0 unspecified atom stereocenters. The summed E-state index contributed by atoms with van der Waals surface area (Å²) in [5.41, 5.74) is 9.96. The minimum absolute atomic E-state index is 0.275. The van der Waals surface area contributed by atoms with Crippen molar-refractivity contribution >= 4 is 34.3 Å². The van der Waals surface area contributed by atoms with Crippen LogP contribution >= 0.6 is 0 Å². The van der Waals surface area contributed by atoms with Gasteiger partial charge in [0.25, 0.3) is 0 Å². The highest BCUT2D eigenvalue weighted by atomic mass is 19.1. The predicted molar refractivity (Wildman–Crippen MR) is 104 cm³/mol. The number of nitrogens with one attached hydrogen (secondary N) is 1. The third-order valence-corrected chi connectivity index (χ3v) is 3.96. The van der Waals surface area contributed by atoms with Crippen molar-refractivity contribution in [1.29, 1.82) is 0 Å². The molecule has 0 aliphatic heterocycles. The number of anilines is 2. The molecule has 0 fully saturated rings. The van der Waals surface area contributed by atoms with Crippen molar-refractivity contribution in [3.05, 3.63) is 71.7 Å². The molecule has 0 spiro atoms. The van der Waals surface area contributed by atoms with Crippen LogP contribution in [-0.4, -0.2) is 10.9 Å². The zero-order valence-electron chi connectivity index (χ0n) is 14.5. The average Bonchev–Trinajstić information content (AvgIpc) is 2.62. The lowest BCUT2D eigenvalue weighted by Gasteiger charge is -2.08. The fraction of sp³-hybridized carbons (Fsp3) is 0.143. The van der Waals surface area contributed by atoms with E-state index in [-0.39, 0.29) is 11.7 Å². The van der Waals surface area contributed by atoms with Gasteiger partial charge in [0.15, 0.2) is 0 Å². The number of carbonyl (C=O) groups excluding carboxylic acids is 1. The van der Waals surface area contributed by atoms with Crippen LogP contribution in [0, 0.1) is 5.82 Å². The Bertz CT molecular complexity index is 965. The van der Waals surface area contributed by atoms with Crippen molar-refractivity contribution in [2.75, 3.05) is 11.1 Å². The molecule has 0 atom stereocenters. The number of rotatable bonds is 5. The Morgan fingerprint density at radius 1 is 1.19 bits per heavy atom. The molecule has 4 nitrogen and oxygen atoms in total. The molecule has 0 bridgehead atoms. The number of hydrogen-bond donors (Lipinski definition) is 2. The molecule has 132 valence electrons. The molecule has 2 aromatic carbocycles. The number of pyridine rings is 1. The average molecular weight is 349 g/mol. The lowest BCUT2D eigenvalue weighted by molar-refractivity contribution is -0.111. The van der Waals surface area contributed by atoms with E-state index in [1.807, 2.05) is 18.2 Å². The van der Waals surface area contributed by atoms with Gasteiger partial charge in [-0.3, -0.25) is 9.78 Å². The van der Waals surface area contributed by atoms with Crippen LogP contribution in [0.4, 0.5) is 15.8 Å². The number of halogens is 1. The molecule has 0 radical (unpaired) electrons. The maximum absolute atomic E-state index is 12.9.